The number of halogens is 1. The van der Waals surface area contributed by atoms with Gasteiger partial charge < -0.3 is 10.6 Å². The molecule has 7 heteroatoms. The Morgan fingerprint density at radius 2 is 2.30 bits per heavy atom. The first kappa shape index (κ1) is 17.2. The number of amides is 1. The van der Waals surface area contributed by atoms with E-state index in [1.807, 2.05) is 31.2 Å². The van der Waals surface area contributed by atoms with Gasteiger partial charge in [-0.25, -0.2) is 4.68 Å². The van der Waals surface area contributed by atoms with E-state index < -0.39 is 0 Å². The number of hydrogen-bond donors (Lipinski definition) is 2. The SMILES string of the molecule is Cc1cccc(-n2cc(C(=O)NCC3=CCNCC3)nn2)c1.Cl. The van der Waals surface area contributed by atoms with Gasteiger partial charge in [-0.3, -0.25) is 4.79 Å². The van der Waals surface area contributed by atoms with Crippen molar-refractivity contribution in [2.75, 3.05) is 19.6 Å². The van der Waals surface area contributed by atoms with Gasteiger partial charge in [-0.15, -0.1) is 17.5 Å². The number of nitrogens with one attached hydrogen (secondary N) is 2. The molecule has 2 heterocycles. The largest absolute Gasteiger partial charge is 0.347 e. The lowest BCUT2D eigenvalue weighted by Crippen LogP contribution is -2.29. The predicted molar refractivity (Wildman–Crippen MR) is 91.2 cm³/mol. The van der Waals surface area contributed by atoms with Gasteiger partial charge in [-0.05, 0) is 37.6 Å². The lowest BCUT2D eigenvalue weighted by molar-refractivity contribution is 0.0951. The normalized spacial score (nSPS) is 13.9. The highest BCUT2D eigenvalue weighted by molar-refractivity contribution is 5.92. The molecule has 23 heavy (non-hydrogen) atoms. The molecule has 1 aliphatic rings. The average molecular weight is 334 g/mol. The first-order valence-electron chi connectivity index (χ1n) is 7.38. The molecule has 0 saturated carbocycles. The van der Waals surface area contributed by atoms with Crippen molar-refractivity contribution >= 4 is 18.3 Å². The van der Waals surface area contributed by atoms with E-state index in [0.29, 0.717) is 12.2 Å². The molecule has 0 atom stereocenters. The van der Waals surface area contributed by atoms with Gasteiger partial charge in [0.15, 0.2) is 5.69 Å². The van der Waals surface area contributed by atoms with Crippen molar-refractivity contribution in [1.29, 1.82) is 0 Å². The van der Waals surface area contributed by atoms with Crippen LogP contribution >= 0.6 is 12.4 Å². The third kappa shape index (κ3) is 4.40. The summed E-state index contributed by atoms with van der Waals surface area (Å²) in [5, 5.41) is 14.1. The second kappa shape index (κ2) is 7.89. The molecule has 0 bridgehead atoms. The molecule has 2 aromatic rings. The molecular weight excluding hydrogens is 314 g/mol. The highest BCUT2D eigenvalue weighted by Crippen LogP contribution is 2.09. The summed E-state index contributed by atoms with van der Waals surface area (Å²) in [7, 11) is 0. The van der Waals surface area contributed by atoms with Gasteiger partial charge in [0.25, 0.3) is 5.91 Å². The Bertz CT molecular complexity index is 710. The summed E-state index contributed by atoms with van der Waals surface area (Å²) >= 11 is 0. The fourth-order valence-corrected chi connectivity index (χ4v) is 2.38. The van der Waals surface area contributed by atoms with Crippen LogP contribution in [0.15, 0.2) is 42.1 Å². The molecule has 0 aliphatic carbocycles. The second-order valence-electron chi connectivity index (χ2n) is 5.39. The van der Waals surface area contributed by atoms with Gasteiger partial charge in [0, 0.05) is 13.1 Å². The number of benzene rings is 1. The highest BCUT2D eigenvalue weighted by Gasteiger charge is 2.12. The summed E-state index contributed by atoms with van der Waals surface area (Å²) < 4.78 is 1.62. The topological polar surface area (TPSA) is 71.8 Å². The Hall–Kier alpha value is -2.18. The van der Waals surface area contributed by atoms with Crippen LogP contribution in [0.25, 0.3) is 5.69 Å². The Labute approximate surface area is 141 Å². The number of aromatic nitrogens is 3. The molecule has 0 radical (unpaired) electrons. The number of rotatable bonds is 4. The van der Waals surface area contributed by atoms with Gasteiger partial charge >= 0.3 is 0 Å². The molecule has 1 aromatic heterocycles. The molecule has 0 fully saturated rings. The Morgan fingerprint density at radius 1 is 1.43 bits per heavy atom. The van der Waals surface area contributed by atoms with Crippen LogP contribution in [0, 0.1) is 6.92 Å². The summed E-state index contributed by atoms with van der Waals surface area (Å²) in [6, 6.07) is 7.90. The van der Waals surface area contributed by atoms with E-state index in [9.17, 15) is 4.79 Å². The summed E-state index contributed by atoms with van der Waals surface area (Å²) in [6.07, 6.45) is 4.74. The maximum Gasteiger partial charge on any atom is 0.273 e. The zero-order chi connectivity index (χ0) is 15.4. The fourth-order valence-electron chi connectivity index (χ4n) is 2.38. The van der Waals surface area contributed by atoms with E-state index in [1.54, 1.807) is 10.9 Å². The van der Waals surface area contributed by atoms with E-state index in [2.05, 4.69) is 27.0 Å². The van der Waals surface area contributed by atoms with Gasteiger partial charge in [0.2, 0.25) is 0 Å². The van der Waals surface area contributed by atoms with Crippen molar-refractivity contribution in [3.63, 3.8) is 0 Å². The van der Waals surface area contributed by atoms with Crippen LogP contribution in [0.5, 0.6) is 0 Å². The molecular formula is C16H20ClN5O. The van der Waals surface area contributed by atoms with Crippen molar-refractivity contribution in [2.24, 2.45) is 0 Å². The number of hydrogen-bond acceptors (Lipinski definition) is 4. The van der Waals surface area contributed by atoms with E-state index in [-0.39, 0.29) is 18.3 Å². The molecule has 0 saturated heterocycles. The van der Waals surface area contributed by atoms with E-state index in [4.69, 9.17) is 0 Å². The fraction of sp³-hybridized carbons (Fsp3) is 0.312. The molecule has 6 nitrogen and oxygen atoms in total. The highest BCUT2D eigenvalue weighted by atomic mass is 35.5. The maximum absolute atomic E-state index is 12.1. The van der Waals surface area contributed by atoms with Crippen molar-refractivity contribution < 1.29 is 4.79 Å². The van der Waals surface area contributed by atoms with Crippen LogP contribution in [-0.4, -0.2) is 40.5 Å². The monoisotopic (exact) mass is 333 g/mol. The summed E-state index contributed by atoms with van der Waals surface area (Å²) in [6.45, 7) is 4.42. The van der Waals surface area contributed by atoms with E-state index in [0.717, 1.165) is 30.8 Å². The van der Waals surface area contributed by atoms with Crippen LogP contribution in [0.4, 0.5) is 0 Å². The number of carbonyl (C=O) groups excluding carboxylic acids is 1. The van der Waals surface area contributed by atoms with Gasteiger partial charge in [0.05, 0.1) is 11.9 Å². The Morgan fingerprint density at radius 3 is 3.04 bits per heavy atom. The van der Waals surface area contributed by atoms with Gasteiger partial charge in [-0.1, -0.05) is 29.0 Å². The predicted octanol–water partition coefficient (Wildman–Crippen LogP) is 1.65. The zero-order valence-corrected chi connectivity index (χ0v) is 13.8. The summed E-state index contributed by atoms with van der Waals surface area (Å²) in [4.78, 5) is 12.1. The van der Waals surface area contributed by atoms with E-state index >= 15 is 0 Å². The summed E-state index contributed by atoms with van der Waals surface area (Å²) in [5.74, 6) is -0.196. The molecule has 0 spiro atoms. The molecule has 1 amide bonds. The average Bonchev–Trinajstić information content (AvgIpc) is 3.04. The molecule has 3 rings (SSSR count). The van der Waals surface area contributed by atoms with Gasteiger partial charge in [0.1, 0.15) is 0 Å². The van der Waals surface area contributed by atoms with Crippen molar-refractivity contribution in [2.45, 2.75) is 13.3 Å². The number of aryl methyl sites for hydroxylation is 1. The van der Waals surface area contributed by atoms with Crippen LogP contribution in [0.2, 0.25) is 0 Å². The lowest BCUT2D eigenvalue weighted by Gasteiger charge is -2.13. The Balaban J connectivity index is 0.00000192. The molecule has 0 unspecified atom stereocenters. The maximum atomic E-state index is 12.1. The van der Waals surface area contributed by atoms with Crippen molar-refractivity contribution in [3.05, 3.63) is 53.4 Å². The lowest BCUT2D eigenvalue weighted by atomic mass is 10.1. The van der Waals surface area contributed by atoms with E-state index in [1.165, 1.54) is 5.57 Å². The smallest absolute Gasteiger partial charge is 0.273 e. The number of nitrogens with zero attached hydrogens (tertiary/aromatic N) is 3. The third-order valence-corrected chi connectivity index (χ3v) is 3.63. The minimum absolute atomic E-state index is 0. The first-order valence-corrected chi connectivity index (χ1v) is 7.38. The van der Waals surface area contributed by atoms with Crippen LogP contribution in [-0.2, 0) is 0 Å². The Kier molecular flexibility index (Phi) is 5.90. The minimum atomic E-state index is -0.196. The molecule has 2 N–H and O–H groups in total. The third-order valence-electron chi connectivity index (χ3n) is 3.63. The molecule has 1 aliphatic heterocycles. The molecule has 1 aromatic carbocycles. The molecule has 122 valence electrons. The van der Waals surface area contributed by atoms with Gasteiger partial charge in [-0.2, -0.15) is 0 Å². The standard InChI is InChI=1S/C16H19N5O.ClH/c1-12-3-2-4-14(9-12)21-11-15(19-20-21)16(22)18-10-13-5-7-17-8-6-13;/h2-5,9,11,17H,6-8,10H2,1H3,(H,18,22);1H. The van der Waals surface area contributed by atoms with Crippen LogP contribution < -0.4 is 10.6 Å². The quantitative estimate of drug-likeness (QED) is 0.835. The second-order valence-corrected chi connectivity index (χ2v) is 5.39. The zero-order valence-electron chi connectivity index (χ0n) is 13.0. The first-order chi connectivity index (χ1) is 10.7. The summed E-state index contributed by atoms with van der Waals surface area (Å²) in [5.41, 5.74) is 3.61. The van der Waals surface area contributed by atoms with Crippen molar-refractivity contribution in [1.82, 2.24) is 25.6 Å². The minimum Gasteiger partial charge on any atom is -0.347 e. The van der Waals surface area contributed by atoms with Crippen molar-refractivity contribution in [3.8, 4) is 5.69 Å². The van der Waals surface area contributed by atoms with Crippen LogP contribution in [0.3, 0.4) is 0 Å². The van der Waals surface area contributed by atoms with Crippen LogP contribution in [0.1, 0.15) is 22.5 Å². The number of carbonyl (C=O) groups is 1.